The van der Waals surface area contributed by atoms with Crippen LogP contribution in [0, 0.1) is 0 Å². The largest absolute Gasteiger partial charge is 0.313 e. The standard InChI is InChI=1S/C12H19NO2S/c1-3-4-9-13-10-11-5-7-12(8-6-11)16(2,14)15/h5-8,13H,3-4,9-10H2,1-2H3. The molecule has 0 spiro atoms. The highest BCUT2D eigenvalue weighted by atomic mass is 32.2. The zero-order valence-electron chi connectivity index (χ0n) is 9.86. The van der Waals surface area contributed by atoms with E-state index in [2.05, 4.69) is 12.2 Å². The first kappa shape index (κ1) is 13.2. The van der Waals surface area contributed by atoms with Gasteiger partial charge in [-0.15, -0.1) is 0 Å². The van der Waals surface area contributed by atoms with E-state index in [9.17, 15) is 8.42 Å². The van der Waals surface area contributed by atoms with Crippen molar-refractivity contribution in [3.8, 4) is 0 Å². The summed E-state index contributed by atoms with van der Waals surface area (Å²) in [5.74, 6) is 0. The summed E-state index contributed by atoms with van der Waals surface area (Å²) in [7, 11) is -3.07. The third-order valence-corrected chi connectivity index (χ3v) is 3.52. The lowest BCUT2D eigenvalue weighted by Gasteiger charge is -2.04. The average molecular weight is 241 g/mol. The maximum Gasteiger partial charge on any atom is 0.175 e. The van der Waals surface area contributed by atoms with Gasteiger partial charge >= 0.3 is 0 Å². The van der Waals surface area contributed by atoms with E-state index in [-0.39, 0.29) is 0 Å². The van der Waals surface area contributed by atoms with Gasteiger partial charge in [-0.2, -0.15) is 0 Å². The average Bonchev–Trinajstić information content (AvgIpc) is 2.24. The van der Waals surface area contributed by atoms with Crippen LogP contribution in [0.5, 0.6) is 0 Å². The number of hydrogen-bond acceptors (Lipinski definition) is 3. The quantitative estimate of drug-likeness (QED) is 0.775. The van der Waals surface area contributed by atoms with Crippen molar-refractivity contribution in [2.45, 2.75) is 31.2 Å². The molecule has 1 rings (SSSR count). The summed E-state index contributed by atoms with van der Waals surface area (Å²) in [6.45, 7) is 3.96. The van der Waals surface area contributed by atoms with Gasteiger partial charge < -0.3 is 5.32 Å². The molecule has 16 heavy (non-hydrogen) atoms. The molecule has 0 atom stereocenters. The molecule has 0 unspecified atom stereocenters. The van der Waals surface area contributed by atoms with Gasteiger partial charge in [0, 0.05) is 12.8 Å². The predicted octanol–water partition coefficient (Wildman–Crippen LogP) is 1.98. The SMILES string of the molecule is CCCCNCc1ccc(S(C)(=O)=O)cc1. The Hall–Kier alpha value is -0.870. The van der Waals surface area contributed by atoms with Gasteiger partial charge in [-0.3, -0.25) is 0 Å². The molecule has 1 aromatic carbocycles. The Morgan fingerprint density at radius 2 is 1.81 bits per heavy atom. The summed E-state index contributed by atoms with van der Waals surface area (Å²) in [5, 5.41) is 3.31. The Morgan fingerprint density at radius 1 is 1.19 bits per heavy atom. The molecule has 1 aromatic rings. The van der Waals surface area contributed by atoms with E-state index in [1.807, 2.05) is 12.1 Å². The van der Waals surface area contributed by atoms with E-state index < -0.39 is 9.84 Å². The monoisotopic (exact) mass is 241 g/mol. The molecule has 0 aromatic heterocycles. The molecule has 3 nitrogen and oxygen atoms in total. The lowest BCUT2D eigenvalue weighted by molar-refractivity contribution is 0.601. The van der Waals surface area contributed by atoms with Crippen LogP contribution in [0.4, 0.5) is 0 Å². The van der Waals surface area contributed by atoms with Gasteiger partial charge in [-0.1, -0.05) is 25.5 Å². The molecule has 0 aliphatic heterocycles. The summed E-state index contributed by atoms with van der Waals surface area (Å²) < 4.78 is 22.5. The summed E-state index contributed by atoms with van der Waals surface area (Å²) in [6, 6.07) is 7.03. The fraction of sp³-hybridized carbons (Fsp3) is 0.500. The zero-order chi connectivity index (χ0) is 12.0. The lowest BCUT2D eigenvalue weighted by atomic mass is 10.2. The third-order valence-electron chi connectivity index (χ3n) is 2.39. The van der Waals surface area contributed by atoms with Crippen LogP contribution in [0.15, 0.2) is 29.2 Å². The molecule has 1 N–H and O–H groups in total. The first-order valence-corrected chi connectivity index (χ1v) is 7.43. The molecule has 0 radical (unpaired) electrons. The topological polar surface area (TPSA) is 46.2 Å². The second-order valence-electron chi connectivity index (χ2n) is 3.95. The highest BCUT2D eigenvalue weighted by Gasteiger charge is 2.05. The van der Waals surface area contributed by atoms with Crippen LogP contribution in [0.25, 0.3) is 0 Å². The highest BCUT2D eigenvalue weighted by Crippen LogP contribution is 2.09. The lowest BCUT2D eigenvalue weighted by Crippen LogP contribution is -2.14. The van der Waals surface area contributed by atoms with Crippen molar-refractivity contribution in [3.63, 3.8) is 0 Å². The van der Waals surface area contributed by atoms with Gasteiger partial charge in [-0.25, -0.2) is 8.42 Å². The van der Waals surface area contributed by atoms with Crippen LogP contribution in [0.3, 0.4) is 0 Å². The van der Waals surface area contributed by atoms with E-state index in [1.54, 1.807) is 12.1 Å². The molecule has 4 heteroatoms. The van der Waals surface area contributed by atoms with E-state index in [4.69, 9.17) is 0 Å². The Balaban J connectivity index is 2.52. The summed E-state index contributed by atoms with van der Waals surface area (Å²) >= 11 is 0. The number of nitrogens with one attached hydrogen (secondary N) is 1. The Morgan fingerprint density at radius 3 is 2.31 bits per heavy atom. The Bertz CT molecular complexity index is 409. The summed E-state index contributed by atoms with van der Waals surface area (Å²) in [6.07, 6.45) is 3.57. The molecule has 0 saturated carbocycles. The Labute approximate surface area is 97.8 Å². The van der Waals surface area contributed by atoms with Crippen LogP contribution in [-0.4, -0.2) is 21.2 Å². The smallest absolute Gasteiger partial charge is 0.175 e. The van der Waals surface area contributed by atoms with Gasteiger partial charge in [0.1, 0.15) is 0 Å². The summed E-state index contributed by atoms with van der Waals surface area (Å²) in [4.78, 5) is 0.379. The predicted molar refractivity (Wildman–Crippen MR) is 66.2 cm³/mol. The molecule has 0 amide bonds. The number of sulfone groups is 1. The normalized spacial score (nSPS) is 11.6. The van der Waals surface area contributed by atoms with Gasteiger partial charge in [0.05, 0.1) is 4.90 Å². The first-order chi connectivity index (χ1) is 7.54. The summed E-state index contributed by atoms with van der Waals surface area (Å²) in [5.41, 5.74) is 1.11. The molecule has 0 aliphatic carbocycles. The second-order valence-corrected chi connectivity index (χ2v) is 5.96. The van der Waals surface area contributed by atoms with Crippen molar-refractivity contribution < 1.29 is 8.42 Å². The van der Waals surface area contributed by atoms with Gasteiger partial charge in [0.25, 0.3) is 0 Å². The van der Waals surface area contributed by atoms with Crippen molar-refractivity contribution in [2.24, 2.45) is 0 Å². The van der Waals surface area contributed by atoms with Crippen molar-refractivity contribution in [1.29, 1.82) is 0 Å². The van der Waals surface area contributed by atoms with Gasteiger partial charge in [0.15, 0.2) is 9.84 Å². The van der Waals surface area contributed by atoms with Gasteiger partial charge in [-0.05, 0) is 30.7 Å². The van der Waals surface area contributed by atoms with E-state index in [0.29, 0.717) is 4.90 Å². The molecule has 0 bridgehead atoms. The van der Waals surface area contributed by atoms with E-state index in [0.717, 1.165) is 18.7 Å². The molecule has 0 aliphatic rings. The molecule has 90 valence electrons. The Kier molecular flexibility index (Phi) is 4.96. The van der Waals surface area contributed by atoms with Gasteiger partial charge in [0.2, 0.25) is 0 Å². The number of hydrogen-bond donors (Lipinski definition) is 1. The van der Waals surface area contributed by atoms with Crippen LogP contribution >= 0.6 is 0 Å². The van der Waals surface area contributed by atoms with Crippen molar-refractivity contribution >= 4 is 9.84 Å². The number of rotatable bonds is 6. The highest BCUT2D eigenvalue weighted by molar-refractivity contribution is 7.90. The third kappa shape index (κ3) is 4.33. The zero-order valence-corrected chi connectivity index (χ0v) is 10.7. The van der Waals surface area contributed by atoms with Crippen LogP contribution in [0.1, 0.15) is 25.3 Å². The second kappa shape index (κ2) is 6.01. The maximum atomic E-state index is 11.2. The van der Waals surface area contributed by atoms with E-state index >= 15 is 0 Å². The van der Waals surface area contributed by atoms with Crippen LogP contribution in [0.2, 0.25) is 0 Å². The van der Waals surface area contributed by atoms with Crippen molar-refractivity contribution in [1.82, 2.24) is 5.32 Å². The fourth-order valence-electron chi connectivity index (χ4n) is 1.39. The molecule has 0 fully saturated rings. The van der Waals surface area contributed by atoms with Crippen molar-refractivity contribution in [2.75, 3.05) is 12.8 Å². The van der Waals surface area contributed by atoms with Crippen LogP contribution < -0.4 is 5.32 Å². The van der Waals surface area contributed by atoms with Crippen molar-refractivity contribution in [3.05, 3.63) is 29.8 Å². The molecule has 0 heterocycles. The molecule has 0 saturated heterocycles. The van der Waals surface area contributed by atoms with Crippen LogP contribution in [-0.2, 0) is 16.4 Å². The minimum atomic E-state index is -3.07. The number of benzene rings is 1. The fourth-order valence-corrected chi connectivity index (χ4v) is 2.02. The van der Waals surface area contributed by atoms with E-state index in [1.165, 1.54) is 19.1 Å². The molecular formula is C12H19NO2S. The minimum Gasteiger partial charge on any atom is -0.313 e. The molecular weight excluding hydrogens is 222 g/mol. The maximum absolute atomic E-state index is 11.2. The first-order valence-electron chi connectivity index (χ1n) is 5.53. The minimum absolute atomic E-state index is 0.379. The number of unbranched alkanes of at least 4 members (excludes halogenated alkanes) is 1.